The summed E-state index contributed by atoms with van der Waals surface area (Å²) in [5.41, 5.74) is 1.90. The molecule has 3 rings (SSSR count). The molecule has 0 aliphatic carbocycles. The third kappa shape index (κ3) is 4.42. The minimum atomic E-state index is -0.338. The molecule has 1 amide bonds. The molecule has 130 valence electrons. The topological polar surface area (TPSA) is 66.7 Å². The maximum atomic E-state index is 12.4. The Hall–Kier alpha value is -2.73. The lowest BCUT2D eigenvalue weighted by molar-refractivity contribution is -0.385. The van der Waals surface area contributed by atoms with Crippen molar-refractivity contribution in [3.8, 4) is 0 Å². The van der Waals surface area contributed by atoms with Gasteiger partial charge in [-0.05, 0) is 5.56 Å². The Kier molecular flexibility index (Phi) is 5.40. The number of nitro benzene ring substituents is 1. The zero-order chi connectivity index (χ0) is 17.6. The van der Waals surface area contributed by atoms with Gasteiger partial charge in [0.05, 0.1) is 11.3 Å². The monoisotopic (exact) mass is 339 g/mol. The molecule has 2 aromatic carbocycles. The molecule has 1 aliphatic heterocycles. The van der Waals surface area contributed by atoms with Gasteiger partial charge in [0.2, 0.25) is 5.91 Å². The van der Waals surface area contributed by atoms with E-state index in [0.717, 1.165) is 24.2 Å². The Labute approximate surface area is 146 Å². The van der Waals surface area contributed by atoms with E-state index in [1.807, 2.05) is 41.3 Å². The van der Waals surface area contributed by atoms with E-state index in [9.17, 15) is 14.9 Å². The molecular weight excluding hydrogens is 318 g/mol. The van der Waals surface area contributed by atoms with Gasteiger partial charge in [0.15, 0.2) is 0 Å². The third-order valence-corrected chi connectivity index (χ3v) is 4.51. The summed E-state index contributed by atoms with van der Waals surface area (Å²) in [7, 11) is 0. The molecule has 6 nitrogen and oxygen atoms in total. The minimum Gasteiger partial charge on any atom is -0.340 e. The number of hydrogen-bond acceptors (Lipinski definition) is 4. The molecular formula is C19H21N3O3. The van der Waals surface area contributed by atoms with Gasteiger partial charge in [-0.25, -0.2) is 0 Å². The molecule has 0 unspecified atom stereocenters. The van der Waals surface area contributed by atoms with Crippen LogP contribution in [0.3, 0.4) is 0 Å². The highest BCUT2D eigenvalue weighted by molar-refractivity contribution is 5.78. The fourth-order valence-electron chi connectivity index (χ4n) is 3.10. The van der Waals surface area contributed by atoms with E-state index in [4.69, 9.17) is 0 Å². The summed E-state index contributed by atoms with van der Waals surface area (Å²) in [6.07, 6.45) is 0.422. The number of benzene rings is 2. The highest BCUT2D eigenvalue weighted by Crippen LogP contribution is 2.20. The summed E-state index contributed by atoms with van der Waals surface area (Å²) in [4.78, 5) is 27.2. The van der Waals surface area contributed by atoms with Crippen molar-refractivity contribution in [2.75, 3.05) is 26.2 Å². The molecule has 0 saturated carbocycles. The van der Waals surface area contributed by atoms with Gasteiger partial charge < -0.3 is 4.90 Å². The van der Waals surface area contributed by atoms with Crippen molar-refractivity contribution in [1.29, 1.82) is 0 Å². The lowest BCUT2D eigenvalue weighted by atomic mass is 10.1. The fraction of sp³-hybridized carbons (Fsp3) is 0.316. The van der Waals surface area contributed by atoms with E-state index in [2.05, 4.69) is 4.90 Å². The van der Waals surface area contributed by atoms with Gasteiger partial charge in [0, 0.05) is 44.4 Å². The number of carbonyl (C=O) groups is 1. The van der Waals surface area contributed by atoms with Crippen LogP contribution in [0.25, 0.3) is 0 Å². The summed E-state index contributed by atoms with van der Waals surface area (Å²) in [6.45, 7) is 3.32. The first-order valence-electron chi connectivity index (χ1n) is 8.40. The summed E-state index contributed by atoms with van der Waals surface area (Å²) in [6, 6.07) is 16.6. The first kappa shape index (κ1) is 17.1. The largest absolute Gasteiger partial charge is 0.340 e. The number of nitro groups is 1. The molecule has 0 spiro atoms. The smallest absolute Gasteiger partial charge is 0.273 e. The molecule has 0 N–H and O–H groups in total. The highest BCUT2D eigenvalue weighted by Gasteiger charge is 2.23. The van der Waals surface area contributed by atoms with E-state index in [1.54, 1.807) is 12.1 Å². The van der Waals surface area contributed by atoms with Gasteiger partial charge in [0.1, 0.15) is 0 Å². The van der Waals surface area contributed by atoms with Crippen LogP contribution in [0.2, 0.25) is 0 Å². The molecule has 1 aliphatic rings. The molecule has 1 heterocycles. The van der Waals surface area contributed by atoms with E-state index in [0.29, 0.717) is 26.1 Å². The average Bonchev–Trinajstić information content (AvgIpc) is 2.63. The van der Waals surface area contributed by atoms with Crippen LogP contribution in [0.1, 0.15) is 11.1 Å². The van der Waals surface area contributed by atoms with Gasteiger partial charge in [-0.3, -0.25) is 19.8 Å². The fourth-order valence-corrected chi connectivity index (χ4v) is 3.10. The number of nitrogens with zero attached hydrogens (tertiary/aromatic N) is 3. The van der Waals surface area contributed by atoms with Crippen LogP contribution in [0.15, 0.2) is 54.6 Å². The maximum absolute atomic E-state index is 12.4. The molecule has 0 atom stereocenters. The van der Waals surface area contributed by atoms with E-state index in [1.165, 1.54) is 6.07 Å². The second-order valence-electron chi connectivity index (χ2n) is 6.21. The lowest BCUT2D eigenvalue weighted by Crippen LogP contribution is -2.48. The maximum Gasteiger partial charge on any atom is 0.273 e. The van der Waals surface area contributed by atoms with Crippen LogP contribution < -0.4 is 0 Å². The van der Waals surface area contributed by atoms with Gasteiger partial charge in [-0.2, -0.15) is 0 Å². The van der Waals surface area contributed by atoms with Crippen molar-refractivity contribution in [3.05, 3.63) is 75.8 Å². The summed E-state index contributed by atoms with van der Waals surface area (Å²) in [5, 5.41) is 11.1. The van der Waals surface area contributed by atoms with Crippen molar-refractivity contribution >= 4 is 11.6 Å². The zero-order valence-electron chi connectivity index (χ0n) is 14.0. The average molecular weight is 339 g/mol. The minimum absolute atomic E-state index is 0.136. The summed E-state index contributed by atoms with van der Waals surface area (Å²) >= 11 is 0. The number of carbonyl (C=O) groups excluding carboxylic acids is 1. The van der Waals surface area contributed by atoms with Gasteiger partial charge >= 0.3 is 0 Å². The molecule has 0 aromatic heterocycles. The molecule has 1 saturated heterocycles. The van der Waals surface area contributed by atoms with Crippen LogP contribution in [0, 0.1) is 10.1 Å². The van der Waals surface area contributed by atoms with Crippen LogP contribution in [-0.2, 0) is 17.8 Å². The van der Waals surface area contributed by atoms with Crippen LogP contribution in [-0.4, -0.2) is 46.8 Å². The molecule has 0 bridgehead atoms. The van der Waals surface area contributed by atoms with Crippen LogP contribution in [0.5, 0.6) is 0 Å². The van der Waals surface area contributed by atoms with Gasteiger partial charge in [-0.15, -0.1) is 0 Å². The quantitative estimate of drug-likeness (QED) is 0.620. The molecule has 1 fully saturated rings. The van der Waals surface area contributed by atoms with E-state index in [-0.39, 0.29) is 16.5 Å². The predicted octanol–water partition coefficient (Wildman–Crippen LogP) is 2.48. The number of hydrogen-bond donors (Lipinski definition) is 0. The summed E-state index contributed by atoms with van der Waals surface area (Å²) < 4.78 is 0. The number of para-hydroxylation sites is 1. The van der Waals surface area contributed by atoms with Crippen molar-refractivity contribution in [3.63, 3.8) is 0 Å². The Morgan fingerprint density at radius 2 is 1.60 bits per heavy atom. The van der Waals surface area contributed by atoms with Crippen molar-refractivity contribution in [2.24, 2.45) is 0 Å². The van der Waals surface area contributed by atoms with Crippen LogP contribution >= 0.6 is 0 Å². The van der Waals surface area contributed by atoms with Crippen LogP contribution in [0.4, 0.5) is 5.69 Å². The number of piperazine rings is 1. The van der Waals surface area contributed by atoms with Crippen molar-refractivity contribution < 1.29 is 9.72 Å². The third-order valence-electron chi connectivity index (χ3n) is 4.51. The van der Waals surface area contributed by atoms with Gasteiger partial charge in [0.25, 0.3) is 5.69 Å². The van der Waals surface area contributed by atoms with Crippen molar-refractivity contribution in [1.82, 2.24) is 9.80 Å². The SMILES string of the molecule is O=C(Cc1ccccc1)N1CCN(Cc2ccccc2[N+](=O)[O-])CC1. The standard InChI is InChI=1S/C19H21N3O3/c23-19(14-16-6-2-1-3-7-16)21-12-10-20(11-13-21)15-17-8-4-5-9-18(17)22(24)25/h1-9H,10-15H2. The Morgan fingerprint density at radius 3 is 2.28 bits per heavy atom. The molecule has 6 heteroatoms. The Bertz CT molecular complexity index is 741. The molecule has 2 aromatic rings. The number of amides is 1. The Morgan fingerprint density at radius 1 is 0.960 bits per heavy atom. The zero-order valence-corrected chi connectivity index (χ0v) is 14.0. The van der Waals surface area contributed by atoms with Gasteiger partial charge in [-0.1, -0.05) is 48.5 Å². The lowest BCUT2D eigenvalue weighted by Gasteiger charge is -2.34. The first-order valence-corrected chi connectivity index (χ1v) is 8.40. The normalized spacial score (nSPS) is 15.1. The van der Waals surface area contributed by atoms with Crippen molar-refractivity contribution in [2.45, 2.75) is 13.0 Å². The second kappa shape index (κ2) is 7.90. The second-order valence-corrected chi connectivity index (χ2v) is 6.21. The summed E-state index contributed by atoms with van der Waals surface area (Å²) in [5.74, 6) is 0.136. The van der Waals surface area contributed by atoms with E-state index >= 15 is 0 Å². The Balaban J connectivity index is 1.54. The molecule has 0 radical (unpaired) electrons. The molecule has 25 heavy (non-hydrogen) atoms. The first-order chi connectivity index (χ1) is 12.1. The van der Waals surface area contributed by atoms with E-state index < -0.39 is 0 Å². The highest BCUT2D eigenvalue weighted by atomic mass is 16.6. The predicted molar refractivity (Wildman–Crippen MR) is 95.1 cm³/mol. The number of rotatable bonds is 5.